The number of anilines is 1. The Balaban J connectivity index is 1.89. The molecule has 30 heavy (non-hydrogen) atoms. The maximum absolute atomic E-state index is 13.0. The number of amides is 1. The van der Waals surface area contributed by atoms with E-state index in [0.717, 1.165) is 18.2 Å². The first-order valence-electron chi connectivity index (χ1n) is 8.84. The first-order chi connectivity index (χ1) is 14.3. The first-order valence-corrected chi connectivity index (χ1v) is 9.22. The van der Waals surface area contributed by atoms with Crippen molar-refractivity contribution < 1.29 is 22.8 Å². The normalized spacial score (nSPS) is 12.1. The number of carbonyl (C=O) groups is 2. The van der Waals surface area contributed by atoms with Crippen molar-refractivity contribution >= 4 is 29.0 Å². The molecular weight excluding hydrogens is 417 g/mol. The van der Waals surface area contributed by atoms with Crippen LogP contribution >= 0.6 is 11.6 Å². The van der Waals surface area contributed by atoms with Crippen LogP contribution in [0.5, 0.6) is 0 Å². The molecule has 154 valence electrons. The van der Waals surface area contributed by atoms with Gasteiger partial charge < -0.3 is 10.6 Å². The second-order valence-electron chi connectivity index (χ2n) is 6.34. The highest BCUT2D eigenvalue weighted by molar-refractivity contribution is 6.33. The molecule has 0 radical (unpaired) electrons. The molecule has 0 saturated carbocycles. The number of nitrogens with one attached hydrogen (secondary N) is 2. The monoisotopic (exact) mass is 432 g/mol. The zero-order chi connectivity index (χ0) is 21.7. The second kappa shape index (κ2) is 9.00. The molecule has 2 N–H and O–H groups in total. The van der Waals surface area contributed by atoms with E-state index in [-0.39, 0.29) is 10.7 Å². The summed E-state index contributed by atoms with van der Waals surface area (Å²) in [7, 11) is 0. The van der Waals surface area contributed by atoms with Crippen LogP contribution in [0.2, 0.25) is 5.02 Å². The Morgan fingerprint density at radius 1 is 0.833 bits per heavy atom. The second-order valence-corrected chi connectivity index (χ2v) is 6.75. The molecular formula is C22H16ClF3N2O2. The van der Waals surface area contributed by atoms with Crippen LogP contribution in [0.3, 0.4) is 0 Å². The van der Waals surface area contributed by atoms with Gasteiger partial charge in [0.15, 0.2) is 6.17 Å². The highest BCUT2D eigenvalue weighted by Gasteiger charge is 2.31. The molecule has 0 bridgehead atoms. The van der Waals surface area contributed by atoms with Crippen LogP contribution in [0, 0.1) is 0 Å². The molecule has 3 aromatic carbocycles. The minimum absolute atomic E-state index is 0.0762. The number of hydrogen-bond acceptors (Lipinski definition) is 3. The molecule has 0 aliphatic heterocycles. The molecule has 0 aliphatic rings. The van der Waals surface area contributed by atoms with Crippen molar-refractivity contribution in [2.24, 2.45) is 0 Å². The van der Waals surface area contributed by atoms with E-state index in [4.69, 9.17) is 11.6 Å². The lowest BCUT2D eigenvalue weighted by Gasteiger charge is -2.21. The Morgan fingerprint density at radius 2 is 1.40 bits per heavy atom. The van der Waals surface area contributed by atoms with Crippen LogP contribution in [-0.4, -0.2) is 17.9 Å². The topological polar surface area (TPSA) is 58.2 Å². The van der Waals surface area contributed by atoms with E-state index in [1.807, 2.05) is 0 Å². The summed E-state index contributed by atoms with van der Waals surface area (Å²) in [4.78, 5) is 25.5. The van der Waals surface area contributed by atoms with Gasteiger partial charge in [-0.25, -0.2) is 0 Å². The molecule has 0 spiro atoms. The summed E-state index contributed by atoms with van der Waals surface area (Å²) < 4.78 is 38.6. The van der Waals surface area contributed by atoms with Crippen LogP contribution in [0.1, 0.15) is 26.3 Å². The summed E-state index contributed by atoms with van der Waals surface area (Å²) in [6.45, 7) is 0. The fourth-order valence-corrected chi connectivity index (χ4v) is 2.94. The van der Waals surface area contributed by atoms with Gasteiger partial charge in [-0.1, -0.05) is 60.1 Å². The van der Waals surface area contributed by atoms with Crippen LogP contribution in [0.25, 0.3) is 0 Å². The molecule has 3 aromatic rings. The average Bonchev–Trinajstić information content (AvgIpc) is 2.74. The van der Waals surface area contributed by atoms with Crippen LogP contribution in [-0.2, 0) is 6.18 Å². The third-order valence-electron chi connectivity index (χ3n) is 4.23. The average molecular weight is 433 g/mol. The summed E-state index contributed by atoms with van der Waals surface area (Å²) in [6.07, 6.45) is -5.81. The van der Waals surface area contributed by atoms with Crippen molar-refractivity contribution in [1.29, 1.82) is 0 Å². The van der Waals surface area contributed by atoms with Gasteiger partial charge in [-0.2, -0.15) is 13.2 Å². The zero-order valence-electron chi connectivity index (χ0n) is 15.4. The van der Waals surface area contributed by atoms with Gasteiger partial charge in [0.25, 0.3) is 5.91 Å². The maximum Gasteiger partial charge on any atom is 0.416 e. The van der Waals surface area contributed by atoms with Gasteiger partial charge in [0.2, 0.25) is 5.78 Å². The Labute approximate surface area is 175 Å². The molecule has 4 nitrogen and oxygen atoms in total. The summed E-state index contributed by atoms with van der Waals surface area (Å²) in [5, 5.41) is 5.08. The van der Waals surface area contributed by atoms with Crippen molar-refractivity contribution in [3.05, 3.63) is 101 Å². The summed E-state index contributed by atoms with van der Waals surface area (Å²) in [5.41, 5.74) is -0.209. The minimum Gasteiger partial charge on any atom is -0.358 e. The fraction of sp³-hybridized carbons (Fsp3) is 0.0909. The molecule has 0 heterocycles. The molecule has 0 fully saturated rings. The molecule has 0 unspecified atom stereocenters. The van der Waals surface area contributed by atoms with Crippen molar-refractivity contribution in [2.45, 2.75) is 12.3 Å². The lowest BCUT2D eigenvalue weighted by atomic mass is 10.1. The maximum atomic E-state index is 13.0. The van der Waals surface area contributed by atoms with E-state index in [0.29, 0.717) is 11.1 Å². The van der Waals surface area contributed by atoms with E-state index in [2.05, 4.69) is 10.6 Å². The Kier molecular flexibility index (Phi) is 6.42. The number of hydrogen-bond donors (Lipinski definition) is 2. The quantitative estimate of drug-likeness (QED) is 0.404. The summed E-state index contributed by atoms with van der Waals surface area (Å²) in [6, 6.07) is 19.1. The molecule has 3 rings (SSSR count). The largest absolute Gasteiger partial charge is 0.416 e. The zero-order valence-corrected chi connectivity index (χ0v) is 16.2. The van der Waals surface area contributed by atoms with E-state index in [1.54, 1.807) is 60.7 Å². The minimum atomic E-state index is -4.55. The van der Waals surface area contributed by atoms with Crippen molar-refractivity contribution in [3.8, 4) is 0 Å². The van der Waals surface area contributed by atoms with Gasteiger partial charge in [-0.3, -0.25) is 9.59 Å². The molecule has 1 atom stereocenters. The molecule has 0 aromatic heterocycles. The number of carbonyl (C=O) groups excluding carboxylic acids is 2. The van der Waals surface area contributed by atoms with E-state index < -0.39 is 29.6 Å². The molecule has 0 aliphatic carbocycles. The smallest absolute Gasteiger partial charge is 0.358 e. The van der Waals surface area contributed by atoms with E-state index in [1.165, 1.54) is 0 Å². The van der Waals surface area contributed by atoms with Crippen molar-refractivity contribution in [3.63, 3.8) is 0 Å². The van der Waals surface area contributed by atoms with Crippen molar-refractivity contribution in [2.75, 3.05) is 5.32 Å². The SMILES string of the molecule is O=C(N[C@@H](Nc1ccc(C(F)(F)F)cc1Cl)C(=O)c1ccccc1)c1ccccc1. The standard InChI is InChI=1S/C22H16ClF3N2O2/c23-17-13-16(22(24,25)26)11-12-18(17)27-20(19(29)14-7-3-1-4-8-14)28-21(30)15-9-5-2-6-10-15/h1-13,20,27H,(H,28,30)/t20-/m1/s1. The van der Waals surface area contributed by atoms with Gasteiger partial charge in [0, 0.05) is 11.1 Å². The summed E-state index contributed by atoms with van der Waals surface area (Å²) >= 11 is 6.00. The van der Waals surface area contributed by atoms with E-state index in [9.17, 15) is 22.8 Å². The number of ketones is 1. The number of Topliss-reactive ketones (excluding diaryl/α,β-unsaturated/α-hetero) is 1. The van der Waals surface area contributed by atoms with Crippen LogP contribution < -0.4 is 10.6 Å². The van der Waals surface area contributed by atoms with Crippen LogP contribution in [0.4, 0.5) is 18.9 Å². The van der Waals surface area contributed by atoms with Gasteiger partial charge in [0.05, 0.1) is 16.3 Å². The van der Waals surface area contributed by atoms with E-state index >= 15 is 0 Å². The highest BCUT2D eigenvalue weighted by atomic mass is 35.5. The number of rotatable bonds is 6. The highest BCUT2D eigenvalue weighted by Crippen LogP contribution is 2.34. The molecule has 8 heteroatoms. The predicted molar refractivity (Wildman–Crippen MR) is 109 cm³/mol. The van der Waals surface area contributed by atoms with Crippen LogP contribution in [0.15, 0.2) is 78.9 Å². The Morgan fingerprint density at radius 3 is 1.93 bits per heavy atom. The number of benzene rings is 3. The van der Waals surface area contributed by atoms with Gasteiger partial charge in [-0.05, 0) is 30.3 Å². The van der Waals surface area contributed by atoms with Gasteiger partial charge in [0.1, 0.15) is 0 Å². The third-order valence-corrected chi connectivity index (χ3v) is 4.54. The van der Waals surface area contributed by atoms with Gasteiger partial charge >= 0.3 is 6.18 Å². The number of halogens is 4. The summed E-state index contributed by atoms with van der Waals surface area (Å²) in [5.74, 6) is -1.00. The Hall–Kier alpha value is -3.32. The van der Waals surface area contributed by atoms with Gasteiger partial charge in [-0.15, -0.1) is 0 Å². The third kappa shape index (κ3) is 5.18. The fourth-order valence-electron chi connectivity index (χ4n) is 2.70. The predicted octanol–water partition coefficient (Wildman–Crippen LogP) is 5.41. The number of alkyl halides is 3. The first kappa shape index (κ1) is 21.4. The molecule has 1 amide bonds. The lowest BCUT2D eigenvalue weighted by molar-refractivity contribution is -0.137. The lowest BCUT2D eigenvalue weighted by Crippen LogP contribution is -2.46. The Bertz CT molecular complexity index is 1040. The van der Waals surface area contributed by atoms with Crippen molar-refractivity contribution in [1.82, 2.24) is 5.32 Å². The molecule has 0 saturated heterocycles.